The number of hydrogen-bond acceptors (Lipinski definition) is 4. The van der Waals surface area contributed by atoms with Gasteiger partial charge in [-0.1, -0.05) is 18.2 Å². The van der Waals surface area contributed by atoms with Crippen molar-refractivity contribution in [1.82, 2.24) is 25.2 Å². The van der Waals surface area contributed by atoms with E-state index in [2.05, 4.69) is 52.9 Å². The number of pyridine rings is 1. The predicted octanol–water partition coefficient (Wildman–Crippen LogP) is 2.73. The Morgan fingerprint density at radius 3 is 2.86 bits per heavy atom. The molecule has 0 saturated carbocycles. The van der Waals surface area contributed by atoms with Crippen LogP contribution in [0.2, 0.25) is 0 Å². The molecule has 1 aromatic carbocycles. The number of nitrogens with zero attached hydrogens (tertiary/aromatic N) is 4. The van der Waals surface area contributed by atoms with Gasteiger partial charge in [-0.3, -0.25) is 4.40 Å². The molecule has 0 aliphatic rings. The Labute approximate surface area is 165 Å². The summed E-state index contributed by atoms with van der Waals surface area (Å²) in [7, 11) is 0. The van der Waals surface area contributed by atoms with Gasteiger partial charge in [-0.25, -0.2) is 4.99 Å². The van der Waals surface area contributed by atoms with E-state index >= 15 is 0 Å². The molecule has 0 fully saturated rings. The summed E-state index contributed by atoms with van der Waals surface area (Å²) < 4.78 is 7.76. The van der Waals surface area contributed by atoms with Crippen molar-refractivity contribution in [2.75, 3.05) is 19.7 Å². The molecule has 0 aliphatic carbocycles. The van der Waals surface area contributed by atoms with Gasteiger partial charge in [0.25, 0.3) is 0 Å². The molecule has 0 aliphatic heterocycles. The summed E-state index contributed by atoms with van der Waals surface area (Å²) in [5, 5.41) is 15.1. The summed E-state index contributed by atoms with van der Waals surface area (Å²) in [5.74, 6) is 2.60. The third-order valence-electron chi connectivity index (χ3n) is 4.30. The second-order valence-electron chi connectivity index (χ2n) is 6.46. The van der Waals surface area contributed by atoms with Crippen LogP contribution < -0.4 is 15.4 Å². The van der Waals surface area contributed by atoms with Crippen LogP contribution in [0, 0.1) is 6.92 Å². The quantitative estimate of drug-likeness (QED) is 0.464. The first-order valence-corrected chi connectivity index (χ1v) is 9.74. The van der Waals surface area contributed by atoms with Crippen LogP contribution in [0.15, 0.2) is 47.6 Å². The summed E-state index contributed by atoms with van der Waals surface area (Å²) in [4.78, 5) is 4.71. The van der Waals surface area contributed by atoms with Crippen LogP contribution in [0.5, 0.6) is 5.75 Å². The van der Waals surface area contributed by atoms with E-state index in [9.17, 15) is 0 Å². The van der Waals surface area contributed by atoms with Gasteiger partial charge in [-0.2, -0.15) is 0 Å². The van der Waals surface area contributed by atoms with Crippen molar-refractivity contribution in [2.24, 2.45) is 4.99 Å². The second kappa shape index (κ2) is 9.73. The fourth-order valence-electron chi connectivity index (χ4n) is 2.94. The smallest absolute Gasteiger partial charge is 0.191 e. The van der Waals surface area contributed by atoms with E-state index in [4.69, 9.17) is 9.73 Å². The van der Waals surface area contributed by atoms with Crippen molar-refractivity contribution in [1.29, 1.82) is 0 Å². The lowest BCUT2D eigenvalue weighted by molar-refractivity contribution is 0.336. The van der Waals surface area contributed by atoms with Crippen LogP contribution in [0.4, 0.5) is 0 Å². The number of aryl methyl sites for hydroxylation is 1. The summed E-state index contributed by atoms with van der Waals surface area (Å²) in [6, 6.07) is 12.1. The number of hydrogen-bond donors (Lipinski definition) is 2. The lowest BCUT2D eigenvalue weighted by Gasteiger charge is -2.13. The topological polar surface area (TPSA) is 75.8 Å². The van der Waals surface area contributed by atoms with Gasteiger partial charge < -0.3 is 15.4 Å². The molecule has 28 heavy (non-hydrogen) atoms. The average Bonchev–Trinajstić information content (AvgIpc) is 3.11. The van der Waals surface area contributed by atoms with Crippen molar-refractivity contribution < 1.29 is 4.74 Å². The van der Waals surface area contributed by atoms with E-state index < -0.39 is 0 Å². The van der Waals surface area contributed by atoms with Gasteiger partial charge in [0.05, 0.1) is 13.2 Å². The molecular formula is C21H28N6O. The Kier molecular flexibility index (Phi) is 6.84. The number of aliphatic imine (C=N–C) groups is 1. The molecule has 0 radical (unpaired) electrons. The van der Waals surface area contributed by atoms with E-state index in [-0.39, 0.29) is 0 Å². The van der Waals surface area contributed by atoms with Crippen LogP contribution in [0.3, 0.4) is 0 Å². The standard InChI is InChI=1S/C21H28N6O/c1-4-22-21(24-15-17-10-9-16(3)14-18(17)28-5-2)23-12-11-20-26-25-19-8-6-7-13-27(19)20/h6-10,13-14H,4-5,11-12,15H2,1-3H3,(H2,22,23,24). The summed E-state index contributed by atoms with van der Waals surface area (Å²) in [5.41, 5.74) is 3.12. The third-order valence-corrected chi connectivity index (χ3v) is 4.30. The van der Waals surface area contributed by atoms with E-state index in [0.717, 1.165) is 41.7 Å². The zero-order valence-corrected chi connectivity index (χ0v) is 16.8. The zero-order chi connectivity index (χ0) is 19.8. The molecule has 2 heterocycles. The van der Waals surface area contributed by atoms with Crippen LogP contribution in [-0.4, -0.2) is 40.3 Å². The maximum Gasteiger partial charge on any atom is 0.191 e. The van der Waals surface area contributed by atoms with Crippen LogP contribution >= 0.6 is 0 Å². The predicted molar refractivity (Wildman–Crippen MR) is 112 cm³/mol. The number of benzene rings is 1. The molecule has 0 saturated heterocycles. The van der Waals surface area contributed by atoms with E-state index in [1.165, 1.54) is 5.56 Å². The molecule has 0 atom stereocenters. The Hall–Kier alpha value is -3.09. The fourth-order valence-corrected chi connectivity index (χ4v) is 2.94. The molecule has 3 aromatic rings. The largest absolute Gasteiger partial charge is 0.494 e. The minimum Gasteiger partial charge on any atom is -0.494 e. The third kappa shape index (κ3) is 5.00. The van der Waals surface area contributed by atoms with Gasteiger partial charge in [0.15, 0.2) is 11.6 Å². The van der Waals surface area contributed by atoms with Crippen molar-refractivity contribution in [3.05, 3.63) is 59.5 Å². The maximum atomic E-state index is 5.75. The number of guanidine groups is 1. The maximum absolute atomic E-state index is 5.75. The molecule has 0 unspecified atom stereocenters. The molecule has 7 nitrogen and oxygen atoms in total. The molecule has 0 spiro atoms. The molecule has 7 heteroatoms. The number of ether oxygens (including phenoxy) is 1. The normalized spacial score (nSPS) is 11.6. The fraction of sp³-hybridized carbons (Fsp3) is 0.381. The Morgan fingerprint density at radius 2 is 2.04 bits per heavy atom. The second-order valence-corrected chi connectivity index (χ2v) is 6.46. The Bertz CT molecular complexity index is 934. The number of aromatic nitrogens is 3. The van der Waals surface area contributed by atoms with Gasteiger partial charge in [0, 0.05) is 31.3 Å². The van der Waals surface area contributed by atoms with Gasteiger partial charge in [-0.15, -0.1) is 10.2 Å². The first-order valence-electron chi connectivity index (χ1n) is 9.74. The number of fused-ring (bicyclic) bond motifs is 1. The van der Waals surface area contributed by atoms with E-state index in [0.29, 0.717) is 19.7 Å². The summed E-state index contributed by atoms with van der Waals surface area (Å²) >= 11 is 0. The lowest BCUT2D eigenvalue weighted by atomic mass is 10.1. The molecule has 2 N–H and O–H groups in total. The first-order chi connectivity index (χ1) is 13.7. The van der Waals surface area contributed by atoms with Crippen molar-refractivity contribution >= 4 is 11.6 Å². The van der Waals surface area contributed by atoms with Crippen LogP contribution in [0.1, 0.15) is 30.8 Å². The van der Waals surface area contributed by atoms with Crippen LogP contribution in [-0.2, 0) is 13.0 Å². The van der Waals surface area contributed by atoms with Gasteiger partial charge in [-0.05, 0) is 44.5 Å². The summed E-state index contributed by atoms with van der Waals surface area (Å²) in [6.07, 6.45) is 2.74. The monoisotopic (exact) mass is 380 g/mol. The van der Waals surface area contributed by atoms with Gasteiger partial charge >= 0.3 is 0 Å². The molecule has 2 aromatic heterocycles. The Morgan fingerprint density at radius 1 is 1.14 bits per heavy atom. The highest BCUT2D eigenvalue weighted by molar-refractivity contribution is 5.79. The zero-order valence-electron chi connectivity index (χ0n) is 16.8. The SMILES string of the molecule is CCNC(=NCc1ccc(C)cc1OCC)NCCc1nnc2ccccn12. The number of nitrogens with one attached hydrogen (secondary N) is 2. The molecular weight excluding hydrogens is 352 g/mol. The average molecular weight is 380 g/mol. The lowest BCUT2D eigenvalue weighted by Crippen LogP contribution is -2.38. The summed E-state index contributed by atoms with van der Waals surface area (Å²) in [6.45, 7) is 8.83. The minimum atomic E-state index is 0.554. The van der Waals surface area contributed by atoms with Crippen molar-refractivity contribution in [3.8, 4) is 5.75 Å². The van der Waals surface area contributed by atoms with E-state index in [1.807, 2.05) is 35.7 Å². The molecule has 0 bridgehead atoms. The van der Waals surface area contributed by atoms with E-state index in [1.54, 1.807) is 0 Å². The molecule has 148 valence electrons. The highest BCUT2D eigenvalue weighted by Crippen LogP contribution is 2.21. The molecule has 0 amide bonds. The first kappa shape index (κ1) is 19.7. The van der Waals surface area contributed by atoms with Crippen molar-refractivity contribution in [3.63, 3.8) is 0 Å². The highest BCUT2D eigenvalue weighted by Gasteiger charge is 2.06. The highest BCUT2D eigenvalue weighted by atomic mass is 16.5. The molecule has 3 rings (SSSR count). The van der Waals surface area contributed by atoms with Crippen LogP contribution in [0.25, 0.3) is 5.65 Å². The van der Waals surface area contributed by atoms with Gasteiger partial charge in [0.2, 0.25) is 0 Å². The number of rotatable bonds is 8. The Balaban J connectivity index is 1.63. The van der Waals surface area contributed by atoms with Crippen molar-refractivity contribution in [2.45, 2.75) is 33.7 Å². The van der Waals surface area contributed by atoms with Gasteiger partial charge in [0.1, 0.15) is 11.6 Å². The minimum absolute atomic E-state index is 0.554.